The van der Waals surface area contributed by atoms with Crippen molar-refractivity contribution in [2.24, 2.45) is 0 Å². The summed E-state index contributed by atoms with van der Waals surface area (Å²) in [5.74, 6) is -1.34. The van der Waals surface area contributed by atoms with Crippen LogP contribution in [0.25, 0.3) is 0 Å². The highest BCUT2D eigenvalue weighted by Gasteiger charge is 2.16. The Morgan fingerprint density at radius 2 is 1.80 bits per heavy atom. The van der Waals surface area contributed by atoms with Crippen molar-refractivity contribution < 1.29 is 13.6 Å². The molecule has 0 aliphatic heterocycles. The molecule has 104 valence electrons. The van der Waals surface area contributed by atoms with E-state index in [1.165, 1.54) is 35.2 Å². The van der Waals surface area contributed by atoms with Gasteiger partial charge in [0.25, 0.3) is 5.91 Å². The lowest BCUT2D eigenvalue weighted by Gasteiger charge is -2.18. The zero-order valence-corrected chi connectivity index (χ0v) is 10.9. The van der Waals surface area contributed by atoms with Gasteiger partial charge >= 0.3 is 0 Å². The Hall–Kier alpha value is -2.43. The van der Waals surface area contributed by atoms with Crippen LogP contribution in [-0.4, -0.2) is 17.9 Å². The Morgan fingerprint density at radius 3 is 2.45 bits per heavy atom. The number of carbonyl (C=O) groups excluding carboxylic acids is 1. The van der Waals surface area contributed by atoms with Crippen LogP contribution in [0.15, 0.2) is 42.5 Å². The summed E-state index contributed by atoms with van der Waals surface area (Å²) < 4.78 is 26.1. The summed E-state index contributed by atoms with van der Waals surface area (Å²) >= 11 is 0. The van der Waals surface area contributed by atoms with Gasteiger partial charge in [-0.1, -0.05) is 18.2 Å². The number of para-hydroxylation sites is 1. The third-order valence-electron chi connectivity index (χ3n) is 2.96. The van der Waals surface area contributed by atoms with Crippen molar-refractivity contribution >= 4 is 11.6 Å². The number of amides is 1. The first-order chi connectivity index (χ1) is 9.49. The molecule has 0 fully saturated rings. The lowest BCUT2D eigenvalue weighted by atomic mass is 10.1. The minimum absolute atomic E-state index is 0.120. The van der Waals surface area contributed by atoms with E-state index in [9.17, 15) is 13.6 Å². The Morgan fingerprint density at radius 1 is 1.15 bits per heavy atom. The zero-order valence-electron chi connectivity index (χ0n) is 10.9. The summed E-state index contributed by atoms with van der Waals surface area (Å²) in [6, 6.07) is 9.94. The molecule has 0 radical (unpaired) electrons. The molecule has 0 saturated carbocycles. The van der Waals surface area contributed by atoms with E-state index in [0.717, 1.165) is 5.56 Å². The molecule has 0 atom stereocenters. The second-order valence-corrected chi connectivity index (χ2v) is 4.49. The van der Waals surface area contributed by atoms with Gasteiger partial charge in [0.1, 0.15) is 11.6 Å². The lowest BCUT2D eigenvalue weighted by Crippen LogP contribution is -2.27. The van der Waals surface area contributed by atoms with Gasteiger partial charge in [-0.15, -0.1) is 0 Å². The Labute approximate surface area is 115 Å². The highest BCUT2D eigenvalue weighted by molar-refractivity contribution is 5.99. The maximum absolute atomic E-state index is 13.3. The molecule has 0 saturated heterocycles. The third-order valence-corrected chi connectivity index (χ3v) is 2.96. The van der Waals surface area contributed by atoms with Crippen LogP contribution in [0.3, 0.4) is 0 Å². The third kappa shape index (κ3) is 2.93. The van der Waals surface area contributed by atoms with E-state index in [0.29, 0.717) is 0 Å². The van der Waals surface area contributed by atoms with E-state index in [4.69, 9.17) is 5.73 Å². The van der Waals surface area contributed by atoms with Gasteiger partial charge in [-0.25, -0.2) is 8.78 Å². The molecule has 0 aliphatic carbocycles. The van der Waals surface area contributed by atoms with Crippen molar-refractivity contribution in [1.29, 1.82) is 0 Å². The van der Waals surface area contributed by atoms with Gasteiger partial charge in [-0.3, -0.25) is 4.79 Å². The molecule has 0 unspecified atom stereocenters. The van der Waals surface area contributed by atoms with Crippen LogP contribution in [0.2, 0.25) is 0 Å². The first kappa shape index (κ1) is 14.0. The molecule has 2 aromatic carbocycles. The van der Waals surface area contributed by atoms with Gasteiger partial charge in [0.05, 0.1) is 11.3 Å². The number of anilines is 1. The molecular weight excluding hydrogens is 262 g/mol. The van der Waals surface area contributed by atoms with Crippen LogP contribution in [0, 0.1) is 11.6 Å². The molecule has 2 rings (SSSR count). The number of hydrogen-bond donors (Lipinski definition) is 1. The fourth-order valence-corrected chi connectivity index (χ4v) is 1.86. The van der Waals surface area contributed by atoms with Crippen molar-refractivity contribution in [2.75, 3.05) is 12.8 Å². The van der Waals surface area contributed by atoms with Gasteiger partial charge in [0.2, 0.25) is 0 Å². The smallest absolute Gasteiger partial charge is 0.256 e. The first-order valence-corrected chi connectivity index (χ1v) is 6.03. The molecule has 0 heterocycles. The number of nitrogen functional groups attached to an aromatic ring is 1. The molecule has 0 spiro atoms. The Bertz CT molecular complexity index is 626. The van der Waals surface area contributed by atoms with Crippen molar-refractivity contribution in [3.63, 3.8) is 0 Å². The average molecular weight is 276 g/mol. The first-order valence-electron chi connectivity index (χ1n) is 6.03. The summed E-state index contributed by atoms with van der Waals surface area (Å²) in [6.45, 7) is 0.287. The van der Waals surface area contributed by atoms with E-state index >= 15 is 0 Å². The number of hydrogen-bond acceptors (Lipinski definition) is 2. The lowest BCUT2D eigenvalue weighted by molar-refractivity contribution is 0.0785. The largest absolute Gasteiger partial charge is 0.396 e. The van der Waals surface area contributed by atoms with Crippen LogP contribution < -0.4 is 5.73 Å². The number of halogens is 2. The number of nitrogens with zero attached hydrogens (tertiary/aromatic N) is 1. The summed E-state index contributed by atoms with van der Waals surface area (Å²) in [7, 11) is 1.58. The SMILES string of the molecule is CN(Cc1ccc(F)cc1)C(=O)c1cccc(F)c1N. The summed E-state index contributed by atoms with van der Waals surface area (Å²) in [5, 5.41) is 0. The fourth-order valence-electron chi connectivity index (χ4n) is 1.86. The van der Waals surface area contributed by atoms with Crippen molar-refractivity contribution in [1.82, 2.24) is 4.90 Å². The zero-order chi connectivity index (χ0) is 14.7. The van der Waals surface area contributed by atoms with Crippen LogP contribution in [-0.2, 0) is 6.54 Å². The normalized spacial score (nSPS) is 10.3. The highest BCUT2D eigenvalue weighted by Crippen LogP contribution is 2.18. The minimum Gasteiger partial charge on any atom is -0.396 e. The van der Waals surface area contributed by atoms with Crippen molar-refractivity contribution in [2.45, 2.75) is 6.54 Å². The number of nitrogens with two attached hydrogens (primary N) is 1. The molecule has 2 N–H and O–H groups in total. The van der Waals surface area contributed by atoms with E-state index in [1.54, 1.807) is 19.2 Å². The quantitative estimate of drug-likeness (QED) is 0.876. The average Bonchev–Trinajstić information content (AvgIpc) is 2.43. The Kier molecular flexibility index (Phi) is 3.98. The maximum atomic E-state index is 13.3. The standard InChI is InChI=1S/C15H14F2N2O/c1-19(9-10-5-7-11(16)8-6-10)15(20)12-3-2-4-13(17)14(12)18/h2-8H,9,18H2,1H3. The van der Waals surface area contributed by atoms with Crippen LogP contribution >= 0.6 is 0 Å². The van der Waals surface area contributed by atoms with Gasteiger partial charge in [0.15, 0.2) is 0 Å². The van der Waals surface area contributed by atoms with Crippen LogP contribution in [0.5, 0.6) is 0 Å². The van der Waals surface area contributed by atoms with Gasteiger partial charge < -0.3 is 10.6 Å². The monoisotopic (exact) mass is 276 g/mol. The summed E-state index contributed by atoms with van der Waals surface area (Å²) in [6.07, 6.45) is 0. The van der Waals surface area contributed by atoms with Gasteiger partial charge in [-0.05, 0) is 29.8 Å². The molecular formula is C15H14F2N2O. The van der Waals surface area contributed by atoms with Gasteiger partial charge in [0, 0.05) is 13.6 Å². The van der Waals surface area contributed by atoms with Crippen molar-refractivity contribution in [3.8, 4) is 0 Å². The predicted molar refractivity (Wildman–Crippen MR) is 73.0 cm³/mol. The fraction of sp³-hybridized carbons (Fsp3) is 0.133. The number of carbonyl (C=O) groups is 1. The van der Waals surface area contributed by atoms with Crippen LogP contribution in [0.4, 0.5) is 14.5 Å². The van der Waals surface area contributed by atoms with E-state index in [-0.39, 0.29) is 29.5 Å². The highest BCUT2D eigenvalue weighted by atomic mass is 19.1. The molecule has 0 bridgehead atoms. The summed E-state index contributed by atoms with van der Waals surface area (Å²) in [4.78, 5) is 13.6. The second-order valence-electron chi connectivity index (χ2n) is 4.49. The molecule has 0 aliphatic rings. The van der Waals surface area contributed by atoms with Gasteiger partial charge in [-0.2, -0.15) is 0 Å². The minimum atomic E-state index is -0.619. The number of benzene rings is 2. The molecule has 1 amide bonds. The number of rotatable bonds is 3. The summed E-state index contributed by atoms with van der Waals surface area (Å²) in [5.41, 5.74) is 6.29. The predicted octanol–water partition coefficient (Wildman–Crippen LogP) is 2.82. The molecule has 2 aromatic rings. The van der Waals surface area contributed by atoms with Crippen LogP contribution in [0.1, 0.15) is 15.9 Å². The molecule has 5 heteroatoms. The van der Waals surface area contributed by atoms with E-state index in [1.807, 2.05) is 0 Å². The molecule has 3 nitrogen and oxygen atoms in total. The maximum Gasteiger partial charge on any atom is 0.256 e. The molecule has 0 aromatic heterocycles. The van der Waals surface area contributed by atoms with E-state index < -0.39 is 5.82 Å². The topological polar surface area (TPSA) is 46.3 Å². The van der Waals surface area contributed by atoms with Crippen molar-refractivity contribution in [3.05, 3.63) is 65.2 Å². The van der Waals surface area contributed by atoms with E-state index in [2.05, 4.69) is 0 Å². The second kappa shape index (κ2) is 5.69. The Balaban J connectivity index is 2.16. The molecule has 20 heavy (non-hydrogen) atoms.